The van der Waals surface area contributed by atoms with Crippen molar-refractivity contribution in [3.05, 3.63) is 23.8 Å². The number of nitrogens with one attached hydrogen (secondary N) is 1. The topological polar surface area (TPSA) is 89.9 Å². The van der Waals surface area contributed by atoms with Gasteiger partial charge in [0.05, 0.1) is 16.9 Å². The first-order valence-corrected chi connectivity index (χ1v) is 5.61. The maximum atomic E-state index is 11.0. The highest BCUT2D eigenvalue weighted by atomic mass is 16.4. The maximum absolute atomic E-state index is 11.0. The zero-order valence-corrected chi connectivity index (χ0v) is 9.88. The fourth-order valence-corrected chi connectivity index (χ4v) is 2.03. The number of benzene rings is 1. The van der Waals surface area contributed by atoms with Crippen molar-refractivity contribution in [3.63, 3.8) is 0 Å². The molecule has 0 bridgehead atoms. The Morgan fingerprint density at radius 2 is 2.11 bits per heavy atom. The van der Waals surface area contributed by atoms with Gasteiger partial charge < -0.3 is 20.4 Å². The lowest BCUT2D eigenvalue weighted by atomic mass is 10.1. The highest BCUT2D eigenvalue weighted by molar-refractivity contribution is 5.92. The van der Waals surface area contributed by atoms with E-state index in [4.69, 9.17) is 10.2 Å². The molecule has 0 fully saturated rings. The number of carboxylic acids is 2. The van der Waals surface area contributed by atoms with Crippen molar-refractivity contribution in [2.45, 2.75) is 13.0 Å². The van der Waals surface area contributed by atoms with Crippen LogP contribution in [0.3, 0.4) is 0 Å². The summed E-state index contributed by atoms with van der Waals surface area (Å²) in [7, 11) is 0. The van der Waals surface area contributed by atoms with E-state index < -0.39 is 18.0 Å². The van der Waals surface area contributed by atoms with Crippen molar-refractivity contribution in [1.82, 2.24) is 0 Å². The molecule has 1 unspecified atom stereocenters. The molecule has 0 spiro atoms. The van der Waals surface area contributed by atoms with Gasteiger partial charge in [-0.3, -0.25) is 0 Å². The highest BCUT2D eigenvalue weighted by Gasteiger charge is 2.26. The Morgan fingerprint density at radius 1 is 1.39 bits per heavy atom. The standard InChI is InChI=1S/C12H14N2O4/c1-7(11(15)16)14-5-4-13-9-6-8(12(17)18)2-3-10(9)14/h2-3,6-7,13H,4-5H2,1H3,(H,15,16)(H,17,18). The first-order chi connectivity index (χ1) is 8.50. The normalized spacial score (nSPS) is 15.5. The third kappa shape index (κ3) is 2.09. The minimum Gasteiger partial charge on any atom is -0.480 e. The molecule has 0 saturated carbocycles. The van der Waals surface area contributed by atoms with Crippen LogP contribution in [0.25, 0.3) is 0 Å². The molecule has 1 aromatic rings. The smallest absolute Gasteiger partial charge is 0.335 e. The fourth-order valence-electron chi connectivity index (χ4n) is 2.03. The second-order valence-electron chi connectivity index (χ2n) is 4.17. The summed E-state index contributed by atoms with van der Waals surface area (Å²) in [6.07, 6.45) is 0. The molecule has 18 heavy (non-hydrogen) atoms. The van der Waals surface area contributed by atoms with Crippen LogP contribution in [0.5, 0.6) is 0 Å². The Balaban J connectivity index is 2.38. The lowest BCUT2D eigenvalue weighted by Gasteiger charge is -2.34. The Bertz CT molecular complexity index is 501. The summed E-state index contributed by atoms with van der Waals surface area (Å²) in [6, 6.07) is 4.01. The van der Waals surface area contributed by atoms with E-state index in [9.17, 15) is 9.59 Å². The first-order valence-electron chi connectivity index (χ1n) is 5.61. The van der Waals surface area contributed by atoms with E-state index in [2.05, 4.69) is 5.32 Å². The number of hydrogen-bond donors (Lipinski definition) is 3. The number of anilines is 2. The van der Waals surface area contributed by atoms with Gasteiger partial charge in [-0.15, -0.1) is 0 Å². The quantitative estimate of drug-likeness (QED) is 0.744. The molecule has 0 aromatic heterocycles. The van der Waals surface area contributed by atoms with Crippen molar-refractivity contribution in [2.75, 3.05) is 23.3 Å². The molecular weight excluding hydrogens is 236 g/mol. The van der Waals surface area contributed by atoms with Gasteiger partial charge in [0.2, 0.25) is 0 Å². The Labute approximate surface area is 104 Å². The van der Waals surface area contributed by atoms with Gasteiger partial charge >= 0.3 is 11.9 Å². The summed E-state index contributed by atoms with van der Waals surface area (Å²) in [5.41, 5.74) is 1.57. The summed E-state index contributed by atoms with van der Waals surface area (Å²) in [4.78, 5) is 23.7. The molecule has 0 aliphatic carbocycles. The van der Waals surface area contributed by atoms with Gasteiger partial charge in [0.15, 0.2) is 0 Å². The van der Waals surface area contributed by atoms with Gasteiger partial charge in [-0.05, 0) is 25.1 Å². The van der Waals surface area contributed by atoms with Crippen LogP contribution in [0, 0.1) is 0 Å². The average molecular weight is 250 g/mol. The van der Waals surface area contributed by atoms with Crippen LogP contribution in [0.15, 0.2) is 18.2 Å². The largest absolute Gasteiger partial charge is 0.480 e. The van der Waals surface area contributed by atoms with Crippen LogP contribution >= 0.6 is 0 Å². The predicted octanol–water partition coefficient (Wildman–Crippen LogP) is 1.09. The van der Waals surface area contributed by atoms with Gasteiger partial charge in [-0.1, -0.05) is 0 Å². The van der Waals surface area contributed by atoms with Crippen LogP contribution in [0.1, 0.15) is 17.3 Å². The average Bonchev–Trinajstić information content (AvgIpc) is 2.36. The second kappa shape index (κ2) is 4.56. The van der Waals surface area contributed by atoms with Crippen molar-refractivity contribution in [2.24, 2.45) is 0 Å². The number of nitrogens with zero attached hydrogens (tertiary/aromatic N) is 1. The Morgan fingerprint density at radius 3 is 2.72 bits per heavy atom. The molecule has 1 aliphatic rings. The predicted molar refractivity (Wildman–Crippen MR) is 66.3 cm³/mol. The molecule has 1 heterocycles. The third-order valence-corrected chi connectivity index (χ3v) is 3.05. The second-order valence-corrected chi connectivity index (χ2v) is 4.17. The summed E-state index contributed by atoms with van der Waals surface area (Å²) in [5.74, 6) is -1.90. The van der Waals surface area contributed by atoms with Crippen molar-refractivity contribution >= 4 is 23.3 Å². The fraction of sp³-hybridized carbons (Fsp3) is 0.333. The molecule has 1 atom stereocenters. The van der Waals surface area contributed by atoms with Crippen LogP contribution in [-0.2, 0) is 4.79 Å². The first kappa shape index (κ1) is 12.2. The zero-order valence-electron chi connectivity index (χ0n) is 9.88. The van der Waals surface area contributed by atoms with Crippen LogP contribution < -0.4 is 10.2 Å². The number of hydrogen-bond acceptors (Lipinski definition) is 4. The minimum atomic E-state index is -0.997. The number of rotatable bonds is 3. The number of carboxylic acid groups (broad SMARTS) is 2. The molecule has 6 heteroatoms. The van der Waals surface area contributed by atoms with Gasteiger partial charge in [0.1, 0.15) is 6.04 Å². The van der Waals surface area contributed by atoms with Gasteiger partial charge in [0, 0.05) is 13.1 Å². The molecule has 6 nitrogen and oxygen atoms in total. The van der Waals surface area contributed by atoms with Crippen molar-refractivity contribution in [1.29, 1.82) is 0 Å². The van der Waals surface area contributed by atoms with Gasteiger partial charge in [0.25, 0.3) is 0 Å². The van der Waals surface area contributed by atoms with Crippen molar-refractivity contribution in [3.8, 4) is 0 Å². The maximum Gasteiger partial charge on any atom is 0.335 e. The Kier molecular flexibility index (Phi) is 3.10. The number of aliphatic carboxylic acids is 1. The van der Waals surface area contributed by atoms with Crippen LogP contribution in [0.4, 0.5) is 11.4 Å². The summed E-state index contributed by atoms with van der Waals surface area (Å²) >= 11 is 0. The molecule has 2 rings (SSSR count). The molecule has 96 valence electrons. The van der Waals surface area contributed by atoms with E-state index in [1.54, 1.807) is 17.9 Å². The molecule has 1 aromatic carbocycles. The van der Waals surface area contributed by atoms with Crippen LogP contribution in [0.2, 0.25) is 0 Å². The molecular formula is C12H14N2O4. The molecule has 1 aliphatic heterocycles. The monoisotopic (exact) mass is 250 g/mol. The molecule has 0 saturated heterocycles. The van der Waals surface area contributed by atoms with E-state index in [1.807, 2.05) is 0 Å². The summed E-state index contributed by atoms with van der Waals surface area (Å²) in [6.45, 7) is 2.78. The number of carbonyl (C=O) groups is 2. The van der Waals surface area contributed by atoms with Gasteiger partial charge in [-0.25, -0.2) is 9.59 Å². The van der Waals surface area contributed by atoms with E-state index in [1.165, 1.54) is 12.1 Å². The van der Waals surface area contributed by atoms with Gasteiger partial charge in [-0.2, -0.15) is 0 Å². The van der Waals surface area contributed by atoms with Crippen molar-refractivity contribution < 1.29 is 19.8 Å². The minimum absolute atomic E-state index is 0.186. The lowest BCUT2D eigenvalue weighted by molar-refractivity contribution is -0.138. The zero-order chi connectivity index (χ0) is 13.3. The molecule has 3 N–H and O–H groups in total. The van der Waals surface area contributed by atoms with E-state index in [0.29, 0.717) is 18.8 Å². The number of fused-ring (bicyclic) bond motifs is 1. The van der Waals surface area contributed by atoms with E-state index in [-0.39, 0.29) is 5.56 Å². The van der Waals surface area contributed by atoms with E-state index in [0.717, 1.165) is 5.69 Å². The lowest BCUT2D eigenvalue weighted by Crippen LogP contribution is -2.44. The summed E-state index contributed by atoms with van der Waals surface area (Å²) < 4.78 is 0. The third-order valence-electron chi connectivity index (χ3n) is 3.05. The van der Waals surface area contributed by atoms with Crippen LogP contribution in [-0.4, -0.2) is 41.3 Å². The summed E-state index contributed by atoms with van der Waals surface area (Å²) in [5, 5.41) is 21.0. The SMILES string of the molecule is CC(C(=O)O)N1CCNc2cc(C(=O)O)ccc21. The molecule has 0 radical (unpaired) electrons. The van der Waals surface area contributed by atoms with E-state index >= 15 is 0 Å². The number of aromatic carboxylic acids is 1. The Hall–Kier alpha value is -2.24. The highest BCUT2D eigenvalue weighted by Crippen LogP contribution is 2.31. The molecule has 0 amide bonds.